The summed E-state index contributed by atoms with van der Waals surface area (Å²) in [6.45, 7) is 5.04. The Labute approximate surface area is 123 Å². The van der Waals surface area contributed by atoms with Gasteiger partial charge in [-0.25, -0.2) is 0 Å². The molecule has 4 fully saturated rings. The molecule has 4 aliphatic rings. The Morgan fingerprint density at radius 1 is 1.10 bits per heavy atom. The van der Waals surface area contributed by atoms with Crippen molar-refractivity contribution < 1.29 is 4.79 Å². The molecule has 4 saturated carbocycles. The van der Waals surface area contributed by atoms with Crippen molar-refractivity contribution in [1.82, 2.24) is 10.6 Å². The fourth-order valence-electron chi connectivity index (χ4n) is 5.06. The van der Waals surface area contributed by atoms with Crippen LogP contribution in [0.2, 0.25) is 0 Å². The van der Waals surface area contributed by atoms with Crippen molar-refractivity contribution in [2.45, 2.75) is 70.9 Å². The highest BCUT2D eigenvalue weighted by Crippen LogP contribution is 2.53. The number of carbonyl (C=O) groups is 1. The monoisotopic (exact) mass is 278 g/mol. The van der Waals surface area contributed by atoms with Gasteiger partial charge in [0, 0.05) is 25.0 Å². The minimum atomic E-state index is 0.204. The zero-order chi connectivity index (χ0) is 14.1. The zero-order valence-corrected chi connectivity index (χ0v) is 13.0. The van der Waals surface area contributed by atoms with Gasteiger partial charge in [0.15, 0.2) is 0 Å². The fourth-order valence-corrected chi connectivity index (χ4v) is 5.06. The van der Waals surface area contributed by atoms with E-state index in [0.29, 0.717) is 18.5 Å². The van der Waals surface area contributed by atoms with Crippen molar-refractivity contribution in [2.24, 2.45) is 23.7 Å². The largest absolute Gasteiger partial charge is 0.354 e. The smallest absolute Gasteiger partial charge is 0.221 e. The average molecular weight is 278 g/mol. The van der Waals surface area contributed by atoms with Crippen LogP contribution >= 0.6 is 0 Å². The number of nitrogens with one attached hydrogen (secondary N) is 2. The highest BCUT2D eigenvalue weighted by Gasteiger charge is 2.47. The van der Waals surface area contributed by atoms with Crippen molar-refractivity contribution >= 4 is 5.91 Å². The van der Waals surface area contributed by atoms with E-state index in [4.69, 9.17) is 0 Å². The molecular weight excluding hydrogens is 248 g/mol. The van der Waals surface area contributed by atoms with Crippen molar-refractivity contribution in [1.29, 1.82) is 0 Å². The summed E-state index contributed by atoms with van der Waals surface area (Å²) in [7, 11) is 0. The summed E-state index contributed by atoms with van der Waals surface area (Å²) >= 11 is 0. The third-order valence-electron chi connectivity index (χ3n) is 5.98. The van der Waals surface area contributed by atoms with Crippen LogP contribution in [0.15, 0.2) is 0 Å². The van der Waals surface area contributed by atoms with Gasteiger partial charge in [0.25, 0.3) is 0 Å². The lowest BCUT2D eigenvalue weighted by molar-refractivity contribution is -0.121. The van der Waals surface area contributed by atoms with Gasteiger partial charge in [0.2, 0.25) is 5.91 Å². The van der Waals surface area contributed by atoms with Gasteiger partial charge in [0.05, 0.1) is 0 Å². The van der Waals surface area contributed by atoms with Crippen LogP contribution in [-0.4, -0.2) is 24.5 Å². The minimum Gasteiger partial charge on any atom is -0.354 e. The zero-order valence-electron chi connectivity index (χ0n) is 13.0. The molecule has 4 rings (SSSR count). The minimum absolute atomic E-state index is 0.204. The molecule has 0 heterocycles. The van der Waals surface area contributed by atoms with Crippen LogP contribution in [0, 0.1) is 23.7 Å². The first-order chi connectivity index (χ1) is 9.65. The summed E-state index contributed by atoms with van der Waals surface area (Å²) in [5.74, 6) is 4.08. The molecule has 1 atom stereocenters. The maximum Gasteiger partial charge on any atom is 0.221 e. The molecular formula is C17H30N2O. The molecule has 20 heavy (non-hydrogen) atoms. The summed E-state index contributed by atoms with van der Waals surface area (Å²) in [6, 6.07) is 1.02. The average Bonchev–Trinajstić information content (AvgIpc) is 2.41. The highest BCUT2D eigenvalue weighted by atomic mass is 16.1. The van der Waals surface area contributed by atoms with E-state index in [1.807, 2.05) is 0 Å². The van der Waals surface area contributed by atoms with E-state index in [1.54, 1.807) is 0 Å². The predicted octanol–water partition coefficient (Wildman–Crippen LogP) is 2.71. The second-order valence-corrected chi connectivity index (χ2v) is 7.54. The van der Waals surface area contributed by atoms with Gasteiger partial charge in [-0.1, -0.05) is 6.92 Å². The summed E-state index contributed by atoms with van der Waals surface area (Å²) in [5.41, 5.74) is 0. The molecule has 0 aromatic carbocycles. The SMILES string of the molecule is CCC(C)NC(=O)CCNC1C2CC3CC(C2)CC1C3. The van der Waals surface area contributed by atoms with E-state index in [1.165, 1.54) is 32.1 Å². The second-order valence-electron chi connectivity index (χ2n) is 7.54. The van der Waals surface area contributed by atoms with Crippen LogP contribution in [0.4, 0.5) is 0 Å². The molecule has 4 bridgehead atoms. The van der Waals surface area contributed by atoms with Gasteiger partial charge in [-0.3, -0.25) is 4.79 Å². The maximum atomic E-state index is 11.8. The number of rotatable bonds is 6. The molecule has 0 aliphatic heterocycles. The van der Waals surface area contributed by atoms with Crippen molar-refractivity contribution in [3.8, 4) is 0 Å². The maximum absolute atomic E-state index is 11.8. The van der Waals surface area contributed by atoms with E-state index < -0.39 is 0 Å². The molecule has 1 amide bonds. The van der Waals surface area contributed by atoms with Crippen LogP contribution in [-0.2, 0) is 4.79 Å². The summed E-state index contributed by atoms with van der Waals surface area (Å²) < 4.78 is 0. The molecule has 3 nitrogen and oxygen atoms in total. The van der Waals surface area contributed by atoms with Gasteiger partial charge in [0.1, 0.15) is 0 Å². The number of hydrogen-bond donors (Lipinski definition) is 2. The Morgan fingerprint density at radius 3 is 2.25 bits per heavy atom. The predicted molar refractivity (Wildman–Crippen MR) is 81.3 cm³/mol. The van der Waals surface area contributed by atoms with E-state index in [2.05, 4.69) is 24.5 Å². The van der Waals surface area contributed by atoms with Crippen LogP contribution in [0.3, 0.4) is 0 Å². The van der Waals surface area contributed by atoms with Crippen molar-refractivity contribution in [2.75, 3.05) is 6.54 Å². The van der Waals surface area contributed by atoms with E-state index in [-0.39, 0.29) is 5.91 Å². The lowest BCUT2D eigenvalue weighted by Gasteiger charge is -2.54. The Bertz CT molecular complexity index is 327. The number of carbonyl (C=O) groups excluding carboxylic acids is 1. The molecule has 2 N–H and O–H groups in total. The molecule has 0 aromatic rings. The Kier molecular flexibility index (Phi) is 4.34. The first kappa shape index (κ1) is 14.4. The Morgan fingerprint density at radius 2 is 1.70 bits per heavy atom. The molecule has 3 heteroatoms. The summed E-state index contributed by atoms with van der Waals surface area (Å²) in [5, 5.41) is 6.78. The molecule has 1 unspecified atom stereocenters. The number of amides is 1. The highest BCUT2D eigenvalue weighted by molar-refractivity contribution is 5.76. The van der Waals surface area contributed by atoms with Gasteiger partial charge >= 0.3 is 0 Å². The van der Waals surface area contributed by atoms with Crippen LogP contribution in [0.5, 0.6) is 0 Å². The first-order valence-electron chi connectivity index (χ1n) is 8.68. The molecule has 114 valence electrons. The molecule has 0 radical (unpaired) electrons. The Balaban J connectivity index is 1.42. The third-order valence-corrected chi connectivity index (χ3v) is 5.98. The normalized spacial score (nSPS) is 39.8. The van der Waals surface area contributed by atoms with Gasteiger partial charge in [-0.05, 0) is 69.1 Å². The van der Waals surface area contributed by atoms with E-state index in [0.717, 1.165) is 36.6 Å². The summed E-state index contributed by atoms with van der Waals surface area (Å²) in [4.78, 5) is 11.8. The van der Waals surface area contributed by atoms with E-state index >= 15 is 0 Å². The summed E-state index contributed by atoms with van der Waals surface area (Å²) in [6.07, 6.45) is 8.94. The quantitative estimate of drug-likeness (QED) is 0.784. The number of hydrogen-bond acceptors (Lipinski definition) is 2. The standard InChI is InChI=1S/C17H30N2O/c1-3-11(2)19-16(20)4-5-18-17-14-7-12-6-13(9-14)10-15(17)8-12/h11-15,17-18H,3-10H2,1-2H3,(H,19,20). The molecule has 0 aromatic heterocycles. The van der Waals surface area contributed by atoms with Gasteiger partial charge in [-0.15, -0.1) is 0 Å². The molecule has 4 aliphatic carbocycles. The molecule has 0 saturated heterocycles. The Hall–Kier alpha value is -0.570. The third kappa shape index (κ3) is 3.03. The van der Waals surface area contributed by atoms with Gasteiger partial charge in [-0.2, -0.15) is 0 Å². The molecule has 0 spiro atoms. The van der Waals surface area contributed by atoms with Crippen LogP contribution in [0.1, 0.15) is 58.8 Å². The topological polar surface area (TPSA) is 41.1 Å². The van der Waals surface area contributed by atoms with Crippen LogP contribution in [0.25, 0.3) is 0 Å². The van der Waals surface area contributed by atoms with E-state index in [9.17, 15) is 4.79 Å². The van der Waals surface area contributed by atoms with Crippen molar-refractivity contribution in [3.63, 3.8) is 0 Å². The van der Waals surface area contributed by atoms with Crippen LogP contribution < -0.4 is 10.6 Å². The lowest BCUT2D eigenvalue weighted by Crippen LogP contribution is -2.54. The fraction of sp³-hybridized carbons (Fsp3) is 0.941. The van der Waals surface area contributed by atoms with Crippen molar-refractivity contribution in [3.05, 3.63) is 0 Å². The lowest BCUT2D eigenvalue weighted by atomic mass is 9.54. The first-order valence-corrected chi connectivity index (χ1v) is 8.68. The van der Waals surface area contributed by atoms with Gasteiger partial charge < -0.3 is 10.6 Å². The second kappa shape index (κ2) is 6.05.